The van der Waals surface area contributed by atoms with Gasteiger partial charge in [-0.2, -0.15) is 8.42 Å². The quantitative estimate of drug-likeness (QED) is 0.445. The van der Waals surface area contributed by atoms with Crippen molar-refractivity contribution in [2.24, 2.45) is 0 Å². The second kappa shape index (κ2) is 6.58. The molecule has 0 saturated heterocycles. The molecule has 0 bridgehead atoms. The van der Waals surface area contributed by atoms with Crippen molar-refractivity contribution < 1.29 is 27.2 Å². The number of rotatable bonds is 6. The number of carbonyl (C=O) groups is 1. The fourth-order valence-electron chi connectivity index (χ4n) is 1.49. The maximum Gasteiger partial charge on any atom is 0.338 e. The van der Waals surface area contributed by atoms with Gasteiger partial charge in [0.05, 0.1) is 12.7 Å². The molecule has 0 saturated carbocycles. The third kappa shape index (κ3) is 4.92. The van der Waals surface area contributed by atoms with Crippen LogP contribution in [0.2, 0.25) is 0 Å². The van der Waals surface area contributed by atoms with Gasteiger partial charge in [0.15, 0.2) is 0 Å². The fourth-order valence-corrected chi connectivity index (χ4v) is 1.78. The van der Waals surface area contributed by atoms with E-state index in [9.17, 15) is 13.2 Å². The first-order chi connectivity index (χ1) is 8.87. The van der Waals surface area contributed by atoms with Gasteiger partial charge < -0.3 is 9.47 Å². The fraction of sp³-hybridized carbons (Fsp3) is 0.364. The van der Waals surface area contributed by atoms with Gasteiger partial charge in [-0.05, 0) is 17.7 Å². The molecule has 1 aromatic rings. The molecular formula is C11H15BO6S. The van der Waals surface area contributed by atoms with Crippen LogP contribution in [0.5, 0.6) is 5.75 Å². The number of carbonyl (C=O) groups excluding carboxylic acids is 1. The van der Waals surface area contributed by atoms with E-state index >= 15 is 0 Å². The molecule has 0 atom stereocenters. The van der Waals surface area contributed by atoms with Crippen molar-refractivity contribution in [2.75, 3.05) is 19.5 Å². The summed E-state index contributed by atoms with van der Waals surface area (Å²) in [4.78, 5) is 11.6. The van der Waals surface area contributed by atoms with Gasteiger partial charge in [0.25, 0.3) is 10.1 Å². The predicted molar refractivity (Wildman–Crippen MR) is 71.9 cm³/mol. The van der Waals surface area contributed by atoms with Crippen LogP contribution in [0.3, 0.4) is 0 Å². The minimum Gasteiger partial charge on any atom is -0.496 e. The largest absolute Gasteiger partial charge is 0.496 e. The van der Waals surface area contributed by atoms with E-state index in [0.717, 1.165) is 11.9 Å². The van der Waals surface area contributed by atoms with Crippen LogP contribution < -0.4 is 4.74 Å². The first kappa shape index (κ1) is 15.5. The summed E-state index contributed by atoms with van der Waals surface area (Å²) >= 11 is 0. The number of methoxy groups -OCH3 is 1. The van der Waals surface area contributed by atoms with Gasteiger partial charge in [0.2, 0.25) is 0 Å². The van der Waals surface area contributed by atoms with Gasteiger partial charge in [-0.1, -0.05) is 12.4 Å². The summed E-state index contributed by atoms with van der Waals surface area (Å²) in [5.41, 5.74) is 1.22. The van der Waals surface area contributed by atoms with E-state index in [-0.39, 0.29) is 5.56 Å². The average Bonchev–Trinajstić information content (AvgIpc) is 2.36. The van der Waals surface area contributed by atoms with E-state index in [1.165, 1.54) is 13.2 Å². The molecule has 0 aromatic heterocycles. The molecule has 0 amide bonds. The van der Waals surface area contributed by atoms with E-state index in [4.69, 9.17) is 14.0 Å². The Hall–Kier alpha value is -1.54. The molecule has 0 radical (unpaired) electrons. The summed E-state index contributed by atoms with van der Waals surface area (Å²) < 4.78 is 39.4. The summed E-state index contributed by atoms with van der Waals surface area (Å²) in [5.74, 6) is -0.709. The molecule has 0 aliphatic rings. The molecule has 0 unspecified atom stereocenters. The van der Waals surface area contributed by atoms with Crippen LogP contribution in [0.4, 0.5) is 0 Å². The Kier molecular flexibility index (Phi) is 5.37. The highest BCUT2D eigenvalue weighted by Gasteiger charge is 2.12. The lowest BCUT2D eigenvalue weighted by molar-refractivity contribution is 0.0528. The van der Waals surface area contributed by atoms with Crippen molar-refractivity contribution in [2.45, 2.75) is 6.32 Å². The SMILES string of the molecule is BCc1ccc(C(=O)OCCS(=O)(=O)O)cc1OC. The molecule has 1 rings (SSSR count). The first-order valence-corrected chi connectivity index (χ1v) is 7.27. The molecule has 6 nitrogen and oxygen atoms in total. The van der Waals surface area contributed by atoms with Crippen LogP contribution >= 0.6 is 0 Å². The molecule has 19 heavy (non-hydrogen) atoms. The summed E-state index contributed by atoms with van der Waals surface area (Å²) in [7, 11) is -0.665. The molecule has 0 spiro atoms. The van der Waals surface area contributed by atoms with Crippen molar-refractivity contribution in [3.63, 3.8) is 0 Å². The number of ether oxygens (including phenoxy) is 2. The van der Waals surface area contributed by atoms with Crippen molar-refractivity contribution in [1.29, 1.82) is 0 Å². The Morgan fingerprint density at radius 1 is 1.42 bits per heavy atom. The zero-order valence-electron chi connectivity index (χ0n) is 10.8. The summed E-state index contributed by atoms with van der Waals surface area (Å²) in [5, 5.41) is 0. The predicted octanol–water partition coefficient (Wildman–Crippen LogP) is -0.127. The third-order valence-electron chi connectivity index (χ3n) is 2.48. The number of hydrogen-bond acceptors (Lipinski definition) is 5. The zero-order valence-corrected chi connectivity index (χ0v) is 11.6. The Morgan fingerprint density at radius 3 is 2.63 bits per heavy atom. The molecule has 0 aliphatic carbocycles. The molecular weight excluding hydrogens is 271 g/mol. The van der Waals surface area contributed by atoms with E-state index in [1.807, 2.05) is 7.85 Å². The molecule has 8 heteroatoms. The van der Waals surface area contributed by atoms with Crippen molar-refractivity contribution >= 4 is 23.9 Å². The van der Waals surface area contributed by atoms with Crippen LogP contribution in [0.1, 0.15) is 15.9 Å². The topological polar surface area (TPSA) is 89.9 Å². The number of hydrogen-bond donors (Lipinski definition) is 1. The van der Waals surface area contributed by atoms with E-state index in [2.05, 4.69) is 0 Å². The monoisotopic (exact) mass is 286 g/mol. The second-order valence-corrected chi connectivity index (χ2v) is 5.37. The standard InChI is InChI=1S/C11H15BO6S/c1-17-10-6-8(2-3-9(10)7-12)11(13)18-4-5-19(14,15)16/h2-3,6H,4-5,7,12H2,1H3,(H,14,15,16). The lowest BCUT2D eigenvalue weighted by Crippen LogP contribution is -2.14. The van der Waals surface area contributed by atoms with Crippen LogP contribution in [0, 0.1) is 0 Å². The maximum absolute atomic E-state index is 11.6. The molecule has 0 aliphatic heterocycles. The summed E-state index contributed by atoms with van der Waals surface area (Å²) in [6.45, 7) is -0.393. The lowest BCUT2D eigenvalue weighted by atomic mass is 9.95. The molecule has 0 fully saturated rings. The number of esters is 1. The van der Waals surface area contributed by atoms with Gasteiger partial charge in [0.1, 0.15) is 26.0 Å². The second-order valence-electron chi connectivity index (χ2n) is 3.80. The van der Waals surface area contributed by atoms with Crippen LogP contribution in [-0.4, -0.2) is 46.3 Å². The average molecular weight is 286 g/mol. The molecule has 0 heterocycles. The zero-order chi connectivity index (χ0) is 14.5. The number of benzene rings is 1. The summed E-state index contributed by atoms with van der Waals surface area (Å²) in [6.07, 6.45) is 0.765. The highest BCUT2D eigenvalue weighted by Crippen LogP contribution is 2.20. The van der Waals surface area contributed by atoms with Crippen molar-refractivity contribution in [1.82, 2.24) is 0 Å². The Labute approximate surface area is 112 Å². The van der Waals surface area contributed by atoms with Crippen molar-refractivity contribution in [3.8, 4) is 5.75 Å². The van der Waals surface area contributed by atoms with Crippen LogP contribution in [0.15, 0.2) is 18.2 Å². The smallest absolute Gasteiger partial charge is 0.338 e. The van der Waals surface area contributed by atoms with Crippen LogP contribution in [-0.2, 0) is 21.2 Å². The molecule has 1 N–H and O–H groups in total. The van der Waals surface area contributed by atoms with E-state index < -0.39 is 28.4 Å². The van der Waals surface area contributed by atoms with Gasteiger partial charge in [-0.3, -0.25) is 4.55 Å². The minimum atomic E-state index is -4.13. The first-order valence-electron chi connectivity index (χ1n) is 5.66. The van der Waals surface area contributed by atoms with Gasteiger partial charge in [-0.15, -0.1) is 0 Å². The van der Waals surface area contributed by atoms with E-state index in [1.54, 1.807) is 12.1 Å². The maximum atomic E-state index is 11.6. The highest BCUT2D eigenvalue weighted by molar-refractivity contribution is 7.85. The Morgan fingerprint density at radius 2 is 2.11 bits per heavy atom. The summed E-state index contributed by atoms with van der Waals surface area (Å²) in [6, 6.07) is 4.87. The normalized spacial score (nSPS) is 11.1. The third-order valence-corrected chi connectivity index (χ3v) is 3.16. The lowest BCUT2D eigenvalue weighted by Gasteiger charge is -2.09. The Balaban J connectivity index is 2.72. The van der Waals surface area contributed by atoms with Gasteiger partial charge >= 0.3 is 5.97 Å². The molecule has 1 aromatic carbocycles. The van der Waals surface area contributed by atoms with Crippen LogP contribution in [0.25, 0.3) is 0 Å². The van der Waals surface area contributed by atoms with Gasteiger partial charge in [0, 0.05) is 0 Å². The van der Waals surface area contributed by atoms with Gasteiger partial charge in [-0.25, -0.2) is 4.79 Å². The van der Waals surface area contributed by atoms with E-state index in [0.29, 0.717) is 5.75 Å². The highest BCUT2D eigenvalue weighted by atomic mass is 32.2. The minimum absolute atomic E-state index is 0.268. The van der Waals surface area contributed by atoms with Crippen molar-refractivity contribution in [3.05, 3.63) is 29.3 Å². The Bertz CT molecular complexity index is 554. The molecule has 104 valence electrons.